The van der Waals surface area contributed by atoms with Crippen LogP contribution in [0.5, 0.6) is 0 Å². The summed E-state index contributed by atoms with van der Waals surface area (Å²) in [4.78, 5) is 2.79. The molecular weight excluding hydrogens is 473 g/mol. The van der Waals surface area contributed by atoms with Gasteiger partial charge in [-0.05, 0) is 33.0 Å². The van der Waals surface area contributed by atoms with E-state index >= 15 is 0 Å². The van der Waals surface area contributed by atoms with Crippen molar-refractivity contribution >= 4 is 45.1 Å². The number of hydrogen-bond acceptors (Lipinski definition) is 2. The molecular formula is C34H34S2. The summed E-state index contributed by atoms with van der Waals surface area (Å²) in [6, 6.07) is 35.4. The van der Waals surface area contributed by atoms with Gasteiger partial charge in [-0.1, -0.05) is 139 Å². The average Bonchev–Trinajstić information content (AvgIpc) is 2.85. The molecule has 0 saturated carbocycles. The van der Waals surface area contributed by atoms with Gasteiger partial charge in [0.05, 0.1) is 0 Å². The molecule has 0 N–H and O–H groups in total. The molecule has 5 aromatic rings. The lowest BCUT2D eigenvalue weighted by Crippen LogP contribution is -2.11. The Morgan fingerprint density at radius 2 is 0.778 bits per heavy atom. The molecule has 2 heteroatoms. The van der Waals surface area contributed by atoms with Crippen molar-refractivity contribution < 1.29 is 0 Å². The van der Waals surface area contributed by atoms with Crippen LogP contribution in [-0.4, -0.2) is 9.49 Å². The van der Waals surface area contributed by atoms with E-state index in [9.17, 15) is 0 Å². The highest BCUT2D eigenvalue weighted by Crippen LogP contribution is 2.53. The molecule has 5 rings (SSSR count). The van der Waals surface area contributed by atoms with Crippen molar-refractivity contribution in [2.45, 2.75) is 60.8 Å². The van der Waals surface area contributed by atoms with E-state index in [4.69, 9.17) is 0 Å². The predicted molar refractivity (Wildman–Crippen MR) is 164 cm³/mol. The van der Waals surface area contributed by atoms with Crippen LogP contribution in [0, 0.1) is 0 Å². The summed E-state index contributed by atoms with van der Waals surface area (Å²) in [6.45, 7) is 14.0. The smallest absolute Gasteiger partial charge is 0.0305 e. The number of fused-ring (bicyclic) bond motifs is 3. The molecule has 5 aromatic carbocycles. The SMILES string of the molecule is CC(C)(C)Sc1c(SC(C)(C)C)c2c(-c3ccccc3)cccc2c2cccc(-c3ccccc3)c12. The molecule has 182 valence electrons. The quantitative estimate of drug-likeness (QED) is 0.176. The second-order valence-corrected chi connectivity index (χ2v) is 14.9. The lowest BCUT2D eigenvalue weighted by molar-refractivity contribution is 0.796. The molecule has 0 atom stereocenters. The maximum atomic E-state index is 2.33. The largest absolute Gasteiger partial charge is 0.118 e. The van der Waals surface area contributed by atoms with Crippen molar-refractivity contribution in [1.82, 2.24) is 0 Å². The Labute approximate surface area is 224 Å². The van der Waals surface area contributed by atoms with Crippen molar-refractivity contribution in [3.8, 4) is 22.3 Å². The van der Waals surface area contributed by atoms with E-state index in [0.717, 1.165) is 0 Å². The molecule has 0 bridgehead atoms. The van der Waals surface area contributed by atoms with Crippen LogP contribution in [0.25, 0.3) is 43.8 Å². The Balaban J connectivity index is 2.01. The molecule has 0 saturated heterocycles. The van der Waals surface area contributed by atoms with Crippen LogP contribution in [-0.2, 0) is 0 Å². The molecule has 0 aromatic heterocycles. The van der Waals surface area contributed by atoms with E-state index in [0.29, 0.717) is 0 Å². The maximum absolute atomic E-state index is 2.33. The zero-order valence-corrected chi connectivity index (χ0v) is 23.7. The number of rotatable bonds is 4. The first-order valence-electron chi connectivity index (χ1n) is 12.6. The molecule has 0 amide bonds. The highest BCUT2D eigenvalue weighted by atomic mass is 32.2. The highest BCUT2D eigenvalue weighted by Gasteiger charge is 2.27. The number of benzene rings is 5. The van der Waals surface area contributed by atoms with Gasteiger partial charge in [0.2, 0.25) is 0 Å². The van der Waals surface area contributed by atoms with Crippen molar-refractivity contribution in [1.29, 1.82) is 0 Å². The van der Waals surface area contributed by atoms with Gasteiger partial charge < -0.3 is 0 Å². The monoisotopic (exact) mass is 506 g/mol. The van der Waals surface area contributed by atoms with Gasteiger partial charge in [0.15, 0.2) is 0 Å². The molecule has 36 heavy (non-hydrogen) atoms. The molecule has 0 nitrogen and oxygen atoms in total. The van der Waals surface area contributed by atoms with Crippen LogP contribution in [0.2, 0.25) is 0 Å². The minimum absolute atomic E-state index is 0.0687. The first kappa shape index (κ1) is 25.0. The topological polar surface area (TPSA) is 0 Å². The maximum Gasteiger partial charge on any atom is 0.0305 e. The van der Waals surface area contributed by atoms with Crippen LogP contribution in [0.4, 0.5) is 0 Å². The molecule has 0 aliphatic rings. The first-order valence-corrected chi connectivity index (χ1v) is 14.3. The Morgan fingerprint density at radius 3 is 1.11 bits per heavy atom. The van der Waals surface area contributed by atoms with Crippen LogP contribution in [0.15, 0.2) is 107 Å². The van der Waals surface area contributed by atoms with E-state index in [2.05, 4.69) is 139 Å². The van der Waals surface area contributed by atoms with E-state index in [-0.39, 0.29) is 9.49 Å². The molecule has 0 radical (unpaired) electrons. The van der Waals surface area contributed by atoms with Crippen LogP contribution < -0.4 is 0 Å². The van der Waals surface area contributed by atoms with Crippen molar-refractivity contribution in [3.05, 3.63) is 97.1 Å². The summed E-state index contributed by atoms with van der Waals surface area (Å²) in [5.74, 6) is 0. The van der Waals surface area contributed by atoms with Gasteiger partial charge in [-0.25, -0.2) is 0 Å². The predicted octanol–water partition coefficient (Wildman–Crippen LogP) is 11.1. The van der Waals surface area contributed by atoms with Crippen LogP contribution >= 0.6 is 23.5 Å². The summed E-state index contributed by atoms with van der Waals surface area (Å²) < 4.78 is 0.137. The second-order valence-electron chi connectivity index (χ2n) is 11.3. The Kier molecular flexibility index (Phi) is 6.70. The normalized spacial score (nSPS) is 12.4. The van der Waals surface area contributed by atoms with Gasteiger partial charge in [-0.15, -0.1) is 23.5 Å². The van der Waals surface area contributed by atoms with Gasteiger partial charge in [0.25, 0.3) is 0 Å². The fourth-order valence-corrected chi connectivity index (χ4v) is 7.30. The lowest BCUT2D eigenvalue weighted by atomic mass is 9.91. The summed E-state index contributed by atoms with van der Waals surface area (Å²) in [6.07, 6.45) is 0. The van der Waals surface area contributed by atoms with E-state index in [1.54, 1.807) is 0 Å². The van der Waals surface area contributed by atoms with Crippen molar-refractivity contribution in [3.63, 3.8) is 0 Å². The lowest BCUT2D eigenvalue weighted by Gasteiger charge is -2.28. The molecule has 0 aliphatic heterocycles. The zero-order chi connectivity index (χ0) is 25.5. The van der Waals surface area contributed by atoms with E-state index in [1.165, 1.54) is 53.6 Å². The summed E-state index contributed by atoms with van der Waals surface area (Å²) >= 11 is 4.01. The average molecular weight is 507 g/mol. The standard InChI is InChI=1S/C34H34S2/c1-33(2,3)35-31-29-25(23-15-9-7-10-16-23)19-13-21-27(29)28-22-14-20-26(24-17-11-8-12-18-24)30(28)32(31)36-34(4,5)6/h7-22H,1-6H3. The molecule has 0 aliphatic carbocycles. The van der Waals surface area contributed by atoms with Gasteiger partial charge in [0.1, 0.15) is 0 Å². The Hall–Kier alpha value is -2.68. The summed E-state index contributed by atoms with van der Waals surface area (Å²) in [5.41, 5.74) is 5.15. The Morgan fingerprint density at radius 1 is 0.417 bits per heavy atom. The first-order chi connectivity index (χ1) is 17.1. The van der Waals surface area contributed by atoms with Gasteiger partial charge in [-0.2, -0.15) is 0 Å². The minimum Gasteiger partial charge on any atom is -0.118 e. The molecule has 0 spiro atoms. The molecule has 0 fully saturated rings. The van der Waals surface area contributed by atoms with Gasteiger partial charge in [-0.3, -0.25) is 0 Å². The summed E-state index contributed by atoms with van der Waals surface area (Å²) in [7, 11) is 0. The van der Waals surface area contributed by atoms with E-state index in [1.807, 2.05) is 23.5 Å². The highest BCUT2D eigenvalue weighted by molar-refractivity contribution is 8.03. The fourth-order valence-electron chi connectivity index (χ4n) is 4.79. The fraction of sp³-hybridized carbons (Fsp3) is 0.235. The minimum atomic E-state index is 0.0687. The third kappa shape index (κ3) is 5.08. The van der Waals surface area contributed by atoms with E-state index < -0.39 is 0 Å². The third-order valence-electron chi connectivity index (χ3n) is 6.07. The number of hydrogen-bond donors (Lipinski definition) is 0. The van der Waals surface area contributed by atoms with Crippen LogP contribution in [0.3, 0.4) is 0 Å². The Bertz CT molecular complexity index is 1400. The van der Waals surface area contributed by atoms with Gasteiger partial charge in [0, 0.05) is 30.1 Å². The van der Waals surface area contributed by atoms with Crippen molar-refractivity contribution in [2.75, 3.05) is 0 Å². The van der Waals surface area contributed by atoms with Crippen LogP contribution in [0.1, 0.15) is 41.5 Å². The third-order valence-corrected chi connectivity index (χ3v) is 8.64. The van der Waals surface area contributed by atoms with Gasteiger partial charge >= 0.3 is 0 Å². The zero-order valence-electron chi connectivity index (χ0n) is 22.1. The van der Waals surface area contributed by atoms with Crippen molar-refractivity contribution in [2.24, 2.45) is 0 Å². The molecule has 0 heterocycles. The number of thioether (sulfide) groups is 2. The summed E-state index contributed by atoms with van der Waals surface area (Å²) in [5, 5.41) is 5.39. The second kappa shape index (κ2) is 9.65. The molecule has 0 unspecified atom stereocenters.